The largest absolute Gasteiger partial charge is 0.454 e. The van der Waals surface area contributed by atoms with Crippen molar-refractivity contribution in [1.29, 1.82) is 0 Å². The highest BCUT2D eigenvalue weighted by Crippen LogP contribution is 2.31. The summed E-state index contributed by atoms with van der Waals surface area (Å²) >= 11 is 0. The summed E-state index contributed by atoms with van der Waals surface area (Å²) < 4.78 is 43.7. The van der Waals surface area contributed by atoms with E-state index in [4.69, 9.17) is 11.2 Å². The highest BCUT2D eigenvalue weighted by Gasteiger charge is 2.40. The molecule has 0 aliphatic heterocycles. The molecule has 0 atom stereocenters. The van der Waals surface area contributed by atoms with E-state index >= 15 is 0 Å². The molecule has 2 aromatic rings. The third-order valence-corrected chi connectivity index (χ3v) is 3.09. The van der Waals surface area contributed by atoms with Gasteiger partial charge >= 0.3 is 6.18 Å². The first-order valence-electron chi connectivity index (χ1n) is 7.62. The van der Waals surface area contributed by atoms with E-state index in [1.165, 1.54) is 12.1 Å². The number of hydrogen-bond donors (Lipinski definition) is 1. The number of ether oxygens (including phenoxy) is 1. The maximum Gasteiger partial charge on any atom is 0.454 e. The van der Waals surface area contributed by atoms with Gasteiger partial charge in [0.2, 0.25) is 0 Å². The van der Waals surface area contributed by atoms with Gasteiger partial charge in [0.25, 0.3) is 5.78 Å². The summed E-state index contributed by atoms with van der Waals surface area (Å²) in [5.41, 5.74) is -0.111. The Morgan fingerprint density at radius 2 is 1.64 bits per heavy atom. The molecule has 1 N–H and O–H groups in total. The van der Waals surface area contributed by atoms with Gasteiger partial charge in [-0.3, -0.25) is 4.79 Å². The monoisotopic (exact) mass is 377 g/mol. The van der Waals surface area contributed by atoms with Crippen molar-refractivity contribution in [3.8, 4) is 53.8 Å². The molecule has 0 bridgehead atoms. The summed E-state index contributed by atoms with van der Waals surface area (Å²) in [5.74, 6) is 11.9. The number of terminal acetylenes is 1. The van der Waals surface area contributed by atoms with Gasteiger partial charge in [0.05, 0.1) is 11.3 Å². The van der Waals surface area contributed by atoms with Crippen LogP contribution in [-0.4, -0.2) is 12.0 Å². The third kappa shape index (κ3) is 5.92. The van der Waals surface area contributed by atoms with Crippen molar-refractivity contribution in [3.05, 3.63) is 54.1 Å². The lowest BCUT2D eigenvalue weighted by atomic mass is 10.1. The Hall–Kier alpha value is -4.26. The molecule has 2 aromatic carbocycles. The third-order valence-electron chi connectivity index (χ3n) is 3.09. The zero-order valence-electron chi connectivity index (χ0n) is 14.1. The topological polar surface area (TPSA) is 38.3 Å². The van der Waals surface area contributed by atoms with Gasteiger partial charge in [-0.05, 0) is 42.0 Å². The molecule has 0 radical (unpaired) electrons. The summed E-state index contributed by atoms with van der Waals surface area (Å²) in [7, 11) is 0. The van der Waals surface area contributed by atoms with Gasteiger partial charge in [-0.1, -0.05) is 18.2 Å². The first kappa shape index (κ1) is 20.1. The van der Waals surface area contributed by atoms with Crippen LogP contribution in [-0.2, 0) is 0 Å². The van der Waals surface area contributed by atoms with Crippen LogP contribution in [0.4, 0.5) is 24.5 Å². The SMILES string of the molecule is C#CC#CC#CC#COc1ccc(C(=O)C(F)(F)F)c(Nc2ccccc2)c1. The summed E-state index contributed by atoms with van der Waals surface area (Å²) in [6.07, 6.45) is 2.18. The number of alkyl halides is 3. The molecule has 0 fully saturated rings. The number of anilines is 2. The summed E-state index contributed by atoms with van der Waals surface area (Å²) in [4.78, 5) is 11.7. The summed E-state index contributed by atoms with van der Waals surface area (Å²) in [6.45, 7) is 0. The Bertz CT molecular complexity index is 1090. The van der Waals surface area contributed by atoms with Crippen LogP contribution in [0.15, 0.2) is 48.5 Å². The molecule has 0 aliphatic carbocycles. The Balaban J connectivity index is 2.31. The number of carbonyl (C=O) groups is 1. The van der Waals surface area contributed by atoms with Crippen LogP contribution >= 0.6 is 0 Å². The molecule has 2 rings (SSSR count). The maximum atomic E-state index is 12.9. The summed E-state index contributed by atoms with van der Waals surface area (Å²) in [5, 5.41) is 2.78. The first-order valence-corrected chi connectivity index (χ1v) is 7.62. The smallest absolute Gasteiger partial charge is 0.407 e. The maximum absolute atomic E-state index is 12.9. The number of rotatable bonds is 4. The van der Waals surface area contributed by atoms with E-state index in [0.717, 1.165) is 6.07 Å². The van der Waals surface area contributed by atoms with E-state index in [-0.39, 0.29) is 11.4 Å². The average Bonchev–Trinajstić information content (AvgIpc) is 2.67. The molecule has 136 valence electrons. The molecule has 0 aliphatic rings. The van der Waals surface area contributed by atoms with Crippen LogP contribution in [0.2, 0.25) is 0 Å². The van der Waals surface area contributed by atoms with Crippen molar-refractivity contribution in [2.24, 2.45) is 0 Å². The number of halogens is 3. The molecule has 0 saturated carbocycles. The van der Waals surface area contributed by atoms with E-state index in [2.05, 4.69) is 46.9 Å². The molecule has 0 aromatic heterocycles. The van der Waals surface area contributed by atoms with Crippen LogP contribution in [0, 0.1) is 48.1 Å². The van der Waals surface area contributed by atoms with Crippen LogP contribution in [0.5, 0.6) is 5.75 Å². The lowest BCUT2D eigenvalue weighted by Gasteiger charge is -2.14. The van der Waals surface area contributed by atoms with Crippen LogP contribution in [0.25, 0.3) is 0 Å². The summed E-state index contributed by atoms with van der Waals surface area (Å²) in [6, 6.07) is 11.9. The number of hydrogen-bond acceptors (Lipinski definition) is 3. The molecule has 0 spiro atoms. The van der Waals surface area contributed by atoms with E-state index in [0.29, 0.717) is 5.69 Å². The van der Waals surface area contributed by atoms with Gasteiger partial charge in [0.1, 0.15) is 11.9 Å². The highest BCUT2D eigenvalue weighted by atomic mass is 19.4. The number of ketones is 1. The number of benzene rings is 2. The predicted octanol–water partition coefficient (Wildman–Crippen LogP) is 4.15. The van der Waals surface area contributed by atoms with E-state index < -0.39 is 17.5 Å². The van der Waals surface area contributed by atoms with E-state index in [1.807, 2.05) is 0 Å². The van der Waals surface area contributed by atoms with Crippen LogP contribution < -0.4 is 10.1 Å². The zero-order chi connectivity index (χ0) is 20.4. The molecular weight excluding hydrogens is 367 g/mol. The van der Waals surface area contributed by atoms with Crippen molar-refractivity contribution in [3.63, 3.8) is 0 Å². The molecule has 6 heteroatoms. The highest BCUT2D eigenvalue weighted by molar-refractivity contribution is 6.05. The molecule has 0 unspecified atom stereocenters. The number of carbonyl (C=O) groups excluding carboxylic acids is 1. The van der Waals surface area contributed by atoms with Gasteiger partial charge < -0.3 is 10.1 Å². The van der Waals surface area contributed by atoms with Crippen LogP contribution in [0.1, 0.15) is 10.4 Å². The van der Waals surface area contributed by atoms with Crippen molar-refractivity contribution >= 4 is 17.2 Å². The van der Waals surface area contributed by atoms with Crippen molar-refractivity contribution in [1.82, 2.24) is 0 Å². The fraction of sp³-hybridized carbons (Fsp3) is 0.0455. The molecule has 0 heterocycles. The zero-order valence-corrected chi connectivity index (χ0v) is 14.1. The standard InChI is InChI=1S/C22H10F3NO2/c1-2-3-4-5-6-10-15-28-18-13-14-19(21(27)22(23,24)25)20(16-18)26-17-11-8-7-9-12-17/h1,7-9,11-14,16,26H. The quantitative estimate of drug-likeness (QED) is 0.643. The minimum atomic E-state index is -5.01. The van der Waals surface area contributed by atoms with Gasteiger partial charge in [-0.15, -0.1) is 6.42 Å². The van der Waals surface area contributed by atoms with Gasteiger partial charge in [0.15, 0.2) is 0 Å². The van der Waals surface area contributed by atoms with Crippen molar-refractivity contribution in [2.45, 2.75) is 6.18 Å². The second-order valence-corrected chi connectivity index (χ2v) is 5.00. The van der Waals surface area contributed by atoms with Crippen molar-refractivity contribution in [2.75, 3.05) is 5.32 Å². The Morgan fingerprint density at radius 1 is 0.964 bits per heavy atom. The van der Waals surface area contributed by atoms with Gasteiger partial charge in [-0.25, -0.2) is 0 Å². The van der Waals surface area contributed by atoms with Crippen LogP contribution in [0.3, 0.4) is 0 Å². The number of nitrogens with one attached hydrogen (secondary N) is 1. The predicted molar refractivity (Wildman–Crippen MR) is 99.3 cm³/mol. The second kappa shape index (κ2) is 9.44. The molecule has 3 nitrogen and oxygen atoms in total. The lowest BCUT2D eigenvalue weighted by molar-refractivity contribution is -0.0884. The van der Waals surface area contributed by atoms with Gasteiger partial charge in [-0.2, -0.15) is 13.2 Å². The first-order chi connectivity index (χ1) is 13.4. The Morgan fingerprint density at radius 3 is 2.32 bits per heavy atom. The van der Waals surface area contributed by atoms with Gasteiger partial charge in [0, 0.05) is 29.5 Å². The van der Waals surface area contributed by atoms with E-state index in [9.17, 15) is 18.0 Å². The molecular formula is C22H10F3NO2. The number of Topliss-reactive ketones (excluding diaryl/α,β-unsaturated/α-hetero) is 1. The second-order valence-electron chi connectivity index (χ2n) is 5.00. The molecule has 0 amide bonds. The number of para-hydroxylation sites is 1. The minimum absolute atomic E-state index is 0.0706. The fourth-order valence-electron chi connectivity index (χ4n) is 1.96. The fourth-order valence-corrected chi connectivity index (χ4v) is 1.96. The molecule has 28 heavy (non-hydrogen) atoms. The Kier molecular flexibility index (Phi) is 6.76. The minimum Gasteiger partial charge on any atom is -0.407 e. The Labute approximate surface area is 159 Å². The van der Waals surface area contributed by atoms with E-state index in [1.54, 1.807) is 30.3 Å². The lowest BCUT2D eigenvalue weighted by Crippen LogP contribution is -2.23. The average molecular weight is 377 g/mol. The molecule has 0 saturated heterocycles. The normalized spacial score (nSPS) is 9.21. The van der Waals surface area contributed by atoms with Crippen molar-refractivity contribution < 1.29 is 22.7 Å².